The van der Waals surface area contributed by atoms with Crippen molar-refractivity contribution in [2.45, 2.75) is 243 Å². The highest BCUT2D eigenvalue weighted by Gasteiger charge is 2.46. The number of benzene rings is 3. The number of nitrogens with two attached hydrogens (primary N) is 2. The Morgan fingerprint density at radius 3 is 1.69 bits per heavy atom. The quantitative estimate of drug-likeness (QED) is 0.0383. The van der Waals surface area contributed by atoms with Crippen LogP contribution in [-0.2, 0) is 101 Å². The number of thioether (sulfide) groups is 1. The van der Waals surface area contributed by atoms with Crippen molar-refractivity contribution in [3.05, 3.63) is 102 Å². The number of hydrogen-bond donors (Lipinski definition) is 16. The first-order chi connectivity index (χ1) is 62.3. The van der Waals surface area contributed by atoms with Crippen LogP contribution in [0.4, 0.5) is 0 Å². The summed E-state index contributed by atoms with van der Waals surface area (Å²) in [5.74, 6) is -16.0. The van der Waals surface area contributed by atoms with Gasteiger partial charge in [0.05, 0.1) is 31.4 Å². The molecule has 8 rings (SSSR count). The number of nitrogens with zero attached hydrogens (tertiary/aromatic N) is 6. The molecule has 0 saturated carbocycles. The fourth-order valence-corrected chi connectivity index (χ4v) is 17.3. The number of amides is 17. The van der Waals surface area contributed by atoms with Crippen molar-refractivity contribution in [3.8, 4) is 5.75 Å². The number of aromatic amines is 2. The van der Waals surface area contributed by atoms with E-state index in [4.69, 9.17) is 11.5 Å². The molecule has 5 aromatic rings. The number of aliphatic hydroxyl groups is 1. The summed E-state index contributed by atoms with van der Waals surface area (Å²) < 4.78 is 0. The van der Waals surface area contributed by atoms with Crippen LogP contribution in [-0.4, -0.2) is 314 Å². The number of nitrogens with one attached hydrogen (secondary N) is 12. The second-order valence-electron chi connectivity index (χ2n) is 35.0. The standard InChI is InChI=1S/C91H132N20O19S/c1-13-16-27-71-84(123)100-63(36-51(4)5)82(121)105-70(81(120)97-47-78(117)106(9)34-15-3)49-131-50-77(116)99-66(38-54-30-32-57(112)33-31-54)87(126)107(10)53(8)79(118)102-68(42-75(93)114)89(128)110-35-22-29-72(110)85(124)104-69(43-92)83(122)103-65(37-52(6)7)90(129)111-48-58(113)41-74(111)86(125)101-64(39-55-44-94-61-25-20-18-23-59(55)61)80(119)96-46-76(115)98-67(40-56-45-95-62-26-21-19-24-60(56)62)88(127)109(12)73(28-17-14-2)91(130)108(71)11/h18-21,23-26,30-33,44-45,51-53,58,63-74,94-95,112-113H,13-17,22,27-29,34-43,46-50,92H2,1-12H3,(H2,93,114)(H,96,119)(H,97,120)(H,98,115)(H,99,116)(H,100,123)(H,101,125)(H,102,118)(H,103,122)(H,104,124)(H,105,121)/t53-,58+,63-,64-,65-,66-,67?,68-,69-,70-,71-,72-,73-,74-/m0/s1. The van der Waals surface area contributed by atoms with Gasteiger partial charge in [-0.2, -0.15) is 0 Å². The Morgan fingerprint density at radius 1 is 0.557 bits per heavy atom. The normalized spacial score (nSPS) is 24.7. The molecule has 1 unspecified atom stereocenters. The largest absolute Gasteiger partial charge is 0.508 e. The van der Waals surface area contributed by atoms with Crippen molar-refractivity contribution in [1.29, 1.82) is 0 Å². The molecule has 131 heavy (non-hydrogen) atoms. The summed E-state index contributed by atoms with van der Waals surface area (Å²) in [7, 11) is 5.61. The Labute approximate surface area is 767 Å². The summed E-state index contributed by atoms with van der Waals surface area (Å²) in [5.41, 5.74) is 14.8. The van der Waals surface area contributed by atoms with Gasteiger partial charge in [0, 0.05) is 120 Å². The topological polar surface area (TPSA) is 554 Å². The van der Waals surface area contributed by atoms with Crippen molar-refractivity contribution in [1.82, 2.24) is 92.5 Å². The zero-order chi connectivity index (χ0) is 96.2. The Hall–Kier alpha value is -12.2. The first-order valence-electron chi connectivity index (χ1n) is 45.0. The number of carbonyl (C=O) groups excluding carboxylic acids is 17. The molecule has 2 aromatic heterocycles. The molecule has 0 aliphatic carbocycles. The van der Waals surface area contributed by atoms with Gasteiger partial charge in [-0.05, 0) is 105 Å². The van der Waals surface area contributed by atoms with Gasteiger partial charge in [0.15, 0.2) is 0 Å². The number of phenols is 1. The van der Waals surface area contributed by atoms with Crippen LogP contribution >= 0.6 is 11.8 Å². The van der Waals surface area contributed by atoms with Gasteiger partial charge in [0.2, 0.25) is 100 Å². The molecule has 5 heterocycles. The average molecular weight is 1840 g/mol. The number of aromatic nitrogens is 2. The number of fused-ring (bicyclic) bond motifs is 4. The van der Waals surface area contributed by atoms with Crippen LogP contribution in [0.5, 0.6) is 5.75 Å². The van der Waals surface area contributed by atoms with E-state index in [1.165, 1.54) is 67.0 Å². The highest BCUT2D eigenvalue weighted by atomic mass is 32.2. The minimum atomic E-state index is -1.75. The SMILES string of the molecule is CCCC[C@H]1C(=O)N(C)[C@@H](CCCC)C(=O)N[C@@H](CC(C)C)C(=O)N[C@H](C(=O)NCC(=O)N(C)CCC)CSCC(=O)N[C@@H](Cc2ccc(O)cc2)C(=O)N(C)[C@@H](C)C(=O)N[C@@H](CC(N)=O)C(=O)N2CCC[C@H]2C(=O)N[C@@H](CN)C(=O)N[C@@H](CC(C)C)C(=O)N2C[C@H](O)C[C@H]2C(=O)N[C@@H](Cc2c[nH]c3ccccc23)C(=O)NCC(=O)NC(Cc2c[nH]c3ccccc23)C(=O)N1C. The zero-order valence-corrected chi connectivity index (χ0v) is 77.7. The van der Waals surface area contributed by atoms with E-state index in [1.54, 1.807) is 77.5 Å². The van der Waals surface area contributed by atoms with E-state index in [0.717, 1.165) is 26.5 Å². The lowest BCUT2D eigenvalue weighted by Crippen LogP contribution is -2.61. The molecule has 3 aromatic carbocycles. The van der Waals surface area contributed by atoms with Gasteiger partial charge in [-0.1, -0.05) is 123 Å². The molecule has 716 valence electrons. The van der Waals surface area contributed by atoms with E-state index < -0.39 is 223 Å². The fourth-order valence-electron chi connectivity index (χ4n) is 16.5. The number of likely N-dealkylation sites (N-methyl/N-ethyl adjacent to an activating group) is 4. The van der Waals surface area contributed by atoms with Crippen molar-refractivity contribution in [2.75, 3.05) is 79.0 Å². The third-order valence-electron chi connectivity index (χ3n) is 23.9. The second kappa shape index (κ2) is 49.7. The minimum Gasteiger partial charge on any atom is -0.508 e. The maximum Gasteiger partial charge on any atom is 0.246 e. The van der Waals surface area contributed by atoms with Crippen LogP contribution in [0.25, 0.3) is 21.8 Å². The number of hydrogen-bond acceptors (Lipinski definition) is 21. The molecule has 3 aliphatic heterocycles. The van der Waals surface area contributed by atoms with E-state index >= 15 is 28.8 Å². The number of H-pyrrole nitrogens is 2. The minimum absolute atomic E-state index is 0.00450. The Kier molecular flexibility index (Phi) is 39.5. The monoisotopic (exact) mass is 1840 g/mol. The average Bonchev–Trinajstić information content (AvgIpc) is 1.73. The maximum absolute atomic E-state index is 15.6. The van der Waals surface area contributed by atoms with Gasteiger partial charge in [0.1, 0.15) is 84.3 Å². The van der Waals surface area contributed by atoms with E-state index in [9.17, 15) is 63.0 Å². The number of carbonyl (C=O) groups is 17. The van der Waals surface area contributed by atoms with Crippen molar-refractivity contribution >= 4 is 134 Å². The Bertz CT molecular complexity index is 4870. The predicted molar refractivity (Wildman–Crippen MR) is 490 cm³/mol. The number of aliphatic hydroxyl groups excluding tert-OH is 1. The molecule has 14 atom stereocenters. The van der Waals surface area contributed by atoms with E-state index in [1.807, 2.05) is 39.0 Å². The van der Waals surface area contributed by atoms with Gasteiger partial charge >= 0.3 is 0 Å². The third-order valence-corrected chi connectivity index (χ3v) is 24.9. The highest BCUT2D eigenvalue weighted by Crippen LogP contribution is 2.28. The van der Waals surface area contributed by atoms with Gasteiger partial charge in [-0.3, -0.25) is 81.5 Å². The van der Waals surface area contributed by atoms with Crippen LogP contribution in [0.2, 0.25) is 0 Å². The van der Waals surface area contributed by atoms with Gasteiger partial charge in [0.25, 0.3) is 0 Å². The van der Waals surface area contributed by atoms with Crippen LogP contribution in [0.3, 0.4) is 0 Å². The predicted octanol–water partition coefficient (Wildman–Crippen LogP) is -0.131. The molecule has 18 N–H and O–H groups in total. The molecule has 3 aliphatic rings. The molecule has 17 amide bonds. The molecule has 0 spiro atoms. The summed E-state index contributed by atoms with van der Waals surface area (Å²) in [6, 6.07) is 1.05. The summed E-state index contributed by atoms with van der Waals surface area (Å²) >= 11 is 0.840. The van der Waals surface area contributed by atoms with Gasteiger partial charge in [-0.15, -0.1) is 11.8 Å². The van der Waals surface area contributed by atoms with E-state index in [0.29, 0.717) is 77.1 Å². The summed E-state index contributed by atoms with van der Waals surface area (Å²) in [6.45, 7) is 12.0. The number of aromatic hydroxyl groups is 1. The third kappa shape index (κ3) is 29.1. The maximum atomic E-state index is 15.6. The van der Waals surface area contributed by atoms with Crippen LogP contribution in [0, 0.1) is 11.8 Å². The summed E-state index contributed by atoms with van der Waals surface area (Å²) in [5, 5.41) is 49.8. The molecule has 0 bridgehead atoms. The number of rotatable bonds is 24. The lowest BCUT2D eigenvalue weighted by Gasteiger charge is -2.36. The number of unbranched alkanes of at least 4 members (excludes halogenated alkanes) is 2. The lowest BCUT2D eigenvalue weighted by molar-refractivity contribution is -0.149. The number of para-hydroxylation sites is 2. The fraction of sp³-hybridized carbons (Fsp3) is 0.571. The van der Waals surface area contributed by atoms with E-state index in [-0.39, 0.29) is 94.1 Å². The lowest BCUT2D eigenvalue weighted by atomic mass is 9.99. The smallest absolute Gasteiger partial charge is 0.246 e. The Balaban J connectivity index is 1.17. The molecule has 3 saturated heterocycles. The van der Waals surface area contributed by atoms with Crippen LogP contribution < -0.4 is 64.6 Å². The number of primary amides is 1. The Morgan fingerprint density at radius 2 is 1.08 bits per heavy atom. The molecule has 40 heteroatoms. The molecule has 0 radical (unpaired) electrons. The summed E-state index contributed by atoms with van der Waals surface area (Å²) in [4.78, 5) is 263. The van der Waals surface area contributed by atoms with Gasteiger partial charge < -0.3 is 114 Å². The molecular formula is C91H132N20O19S. The highest BCUT2D eigenvalue weighted by molar-refractivity contribution is 8.00. The summed E-state index contributed by atoms with van der Waals surface area (Å²) in [6.07, 6.45) is 3.00. The van der Waals surface area contributed by atoms with E-state index in [2.05, 4.69) is 63.1 Å². The zero-order valence-electron chi connectivity index (χ0n) is 76.9. The van der Waals surface area contributed by atoms with Crippen molar-refractivity contribution in [2.24, 2.45) is 23.3 Å². The van der Waals surface area contributed by atoms with Crippen LogP contribution in [0.15, 0.2) is 85.2 Å². The first kappa shape index (κ1) is 104. The second-order valence-corrected chi connectivity index (χ2v) is 36.0. The van der Waals surface area contributed by atoms with Crippen LogP contribution in [0.1, 0.15) is 156 Å². The first-order valence-corrected chi connectivity index (χ1v) is 46.2. The molecular weight excluding hydrogens is 1710 g/mol. The molecule has 3 fully saturated rings. The van der Waals surface area contributed by atoms with Gasteiger partial charge in [-0.25, -0.2) is 0 Å². The number of phenolic OH excluding ortho intramolecular Hbond substituents is 1. The van der Waals surface area contributed by atoms with Crippen molar-refractivity contribution in [3.63, 3.8) is 0 Å². The molecule has 39 nitrogen and oxygen atoms in total. The van der Waals surface area contributed by atoms with Crippen molar-refractivity contribution < 1.29 is 91.7 Å².